The first kappa shape index (κ1) is 10.6. The van der Waals surface area contributed by atoms with Gasteiger partial charge in [-0.1, -0.05) is 6.58 Å². The molecule has 0 aromatic rings. The molecule has 1 saturated heterocycles. The van der Waals surface area contributed by atoms with Crippen molar-refractivity contribution < 1.29 is 19.4 Å². The SMILES string of the molecule is C=C1CCCCC12OC2(O)COC(C)=O. The molecule has 2 rings (SSSR count). The van der Waals surface area contributed by atoms with Crippen LogP contribution in [0.2, 0.25) is 0 Å². The highest BCUT2D eigenvalue weighted by atomic mass is 16.8. The maximum Gasteiger partial charge on any atom is 0.302 e. The maximum absolute atomic E-state index is 10.7. The first-order chi connectivity index (χ1) is 7.00. The largest absolute Gasteiger partial charge is 0.460 e. The van der Waals surface area contributed by atoms with Gasteiger partial charge >= 0.3 is 5.97 Å². The predicted molar refractivity (Wildman–Crippen MR) is 53.0 cm³/mol. The van der Waals surface area contributed by atoms with Crippen LogP contribution in [0.5, 0.6) is 0 Å². The van der Waals surface area contributed by atoms with Gasteiger partial charge in [0.2, 0.25) is 5.79 Å². The van der Waals surface area contributed by atoms with E-state index in [-0.39, 0.29) is 6.61 Å². The fourth-order valence-electron chi connectivity index (χ4n) is 2.29. The van der Waals surface area contributed by atoms with Crippen LogP contribution < -0.4 is 0 Å². The molecule has 0 aromatic carbocycles. The summed E-state index contributed by atoms with van der Waals surface area (Å²) in [6.07, 6.45) is 3.75. The van der Waals surface area contributed by atoms with E-state index in [0.29, 0.717) is 0 Å². The fourth-order valence-corrected chi connectivity index (χ4v) is 2.29. The molecule has 1 N–H and O–H groups in total. The highest BCUT2D eigenvalue weighted by Crippen LogP contribution is 2.57. The molecule has 1 aliphatic heterocycles. The van der Waals surface area contributed by atoms with E-state index in [2.05, 4.69) is 6.58 Å². The third kappa shape index (κ3) is 1.58. The van der Waals surface area contributed by atoms with E-state index in [4.69, 9.17) is 9.47 Å². The van der Waals surface area contributed by atoms with Gasteiger partial charge in [-0.15, -0.1) is 0 Å². The van der Waals surface area contributed by atoms with E-state index in [1.165, 1.54) is 6.92 Å². The van der Waals surface area contributed by atoms with Gasteiger partial charge in [-0.2, -0.15) is 0 Å². The zero-order valence-corrected chi connectivity index (χ0v) is 8.91. The molecule has 4 heteroatoms. The molecule has 1 spiro atoms. The Morgan fingerprint density at radius 1 is 1.67 bits per heavy atom. The Labute approximate surface area is 88.9 Å². The van der Waals surface area contributed by atoms with Crippen LogP contribution >= 0.6 is 0 Å². The summed E-state index contributed by atoms with van der Waals surface area (Å²) in [6.45, 7) is 5.14. The second-order valence-electron chi connectivity index (χ2n) is 4.30. The molecule has 1 heterocycles. The molecule has 0 bridgehead atoms. The molecule has 2 atom stereocenters. The van der Waals surface area contributed by atoms with Gasteiger partial charge in [0.05, 0.1) is 0 Å². The number of carbonyl (C=O) groups is 1. The Morgan fingerprint density at radius 3 is 3.00 bits per heavy atom. The molecule has 2 aliphatic rings. The Kier molecular flexibility index (Phi) is 2.35. The third-order valence-electron chi connectivity index (χ3n) is 3.23. The van der Waals surface area contributed by atoms with Crippen molar-refractivity contribution >= 4 is 5.97 Å². The maximum atomic E-state index is 10.7. The van der Waals surface area contributed by atoms with Gasteiger partial charge < -0.3 is 14.6 Å². The Morgan fingerprint density at radius 2 is 2.40 bits per heavy atom. The number of aliphatic hydroxyl groups is 1. The zero-order chi connectivity index (χ0) is 11.1. The van der Waals surface area contributed by atoms with E-state index in [9.17, 15) is 9.90 Å². The summed E-state index contributed by atoms with van der Waals surface area (Å²) in [7, 11) is 0. The summed E-state index contributed by atoms with van der Waals surface area (Å²) < 4.78 is 10.2. The van der Waals surface area contributed by atoms with Gasteiger partial charge in [0, 0.05) is 6.92 Å². The molecule has 1 aliphatic carbocycles. The van der Waals surface area contributed by atoms with Crippen molar-refractivity contribution in [2.45, 2.75) is 44.0 Å². The Balaban J connectivity index is 2.01. The van der Waals surface area contributed by atoms with Crippen LogP contribution in [0, 0.1) is 0 Å². The lowest BCUT2D eigenvalue weighted by atomic mass is 9.81. The van der Waals surface area contributed by atoms with Crippen molar-refractivity contribution in [2.75, 3.05) is 6.61 Å². The van der Waals surface area contributed by atoms with Gasteiger partial charge in [0.25, 0.3) is 0 Å². The van der Waals surface area contributed by atoms with Crippen molar-refractivity contribution in [3.8, 4) is 0 Å². The molecule has 84 valence electrons. The molecule has 1 saturated carbocycles. The lowest BCUT2D eigenvalue weighted by molar-refractivity contribution is -0.148. The average molecular weight is 212 g/mol. The summed E-state index contributed by atoms with van der Waals surface area (Å²) in [5, 5.41) is 10.1. The van der Waals surface area contributed by atoms with Crippen molar-refractivity contribution in [3.05, 3.63) is 12.2 Å². The van der Waals surface area contributed by atoms with Gasteiger partial charge in [-0.3, -0.25) is 4.79 Å². The lowest BCUT2D eigenvalue weighted by Crippen LogP contribution is -2.34. The quantitative estimate of drug-likeness (QED) is 0.423. The highest BCUT2D eigenvalue weighted by molar-refractivity contribution is 5.66. The molecule has 2 fully saturated rings. The summed E-state index contributed by atoms with van der Waals surface area (Å²) in [6, 6.07) is 0. The summed E-state index contributed by atoms with van der Waals surface area (Å²) in [4.78, 5) is 10.7. The van der Waals surface area contributed by atoms with Gasteiger partial charge in [-0.05, 0) is 31.3 Å². The minimum atomic E-state index is -1.32. The van der Waals surface area contributed by atoms with Crippen LogP contribution in [0.4, 0.5) is 0 Å². The minimum absolute atomic E-state index is 0.0959. The van der Waals surface area contributed by atoms with Crippen LogP contribution in [0.15, 0.2) is 12.2 Å². The van der Waals surface area contributed by atoms with Crippen LogP contribution in [0.25, 0.3) is 0 Å². The van der Waals surface area contributed by atoms with Crippen LogP contribution in [-0.2, 0) is 14.3 Å². The number of rotatable bonds is 2. The highest BCUT2D eigenvalue weighted by Gasteiger charge is 2.71. The second kappa shape index (κ2) is 3.32. The van der Waals surface area contributed by atoms with Crippen molar-refractivity contribution in [1.82, 2.24) is 0 Å². The molecular weight excluding hydrogens is 196 g/mol. The number of esters is 1. The number of hydrogen-bond acceptors (Lipinski definition) is 4. The average Bonchev–Trinajstić information content (AvgIpc) is 2.76. The first-order valence-corrected chi connectivity index (χ1v) is 5.24. The van der Waals surface area contributed by atoms with E-state index in [1.54, 1.807) is 0 Å². The molecular formula is C11H16O4. The Bertz CT molecular complexity index is 312. The number of carbonyl (C=O) groups excluding carboxylic acids is 1. The monoisotopic (exact) mass is 212 g/mol. The summed E-state index contributed by atoms with van der Waals surface area (Å²) in [5.74, 6) is -1.73. The van der Waals surface area contributed by atoms with E-state index in [1.807, 2.05) is 0 Å². The standard InChI is InChI=1S/C11H16O4/c1-8-5-3-4-6-10(8)11(13,15-10)7-14-9(2)12/h13H,1,3-7H2,2H3. The van der Waals surface area contributed by atoms with E-state index in [0.717, 1.165) is 31.3 Å². The molecule has 2 unspecified atom stereocenters. The van der Waals surface area contributed by atoms with Crippen molar-refractivity contribution in [2.24, 2.45) is 0 Å². The number of ether oxygens (including phenoxy) is 2. The van der Waals surface area contributed by atoms with Gasteiger partial charge in [0.15, 0.2) is 0 Å². The Hall–Kier alpha value is -0.870. The molecule has 0 amide bonds. The first-order valence-electron chi connectivity index (χ1n) is 5.24. The molecule has 4 nitrogen and oxygen atoms in total. The molecule has 0 aromatic heterocycles. The topological polar surface area (TPSA) is 59.1 Å². The van der Waals surface area contributed by atoms with E-state index < -0.39 is 17.4 Å². The zero-order valence-electron chi connectivity index (χ0n) is 8.91. The predicted octanol–water partition coefficient (Wildman–Crippen LogP) is 1.14. The summed E-state index contributed by atoms with van der Waals surface area (Å²) in [5.41, 5.74) is 0.282. The van der Waals surface area contributed by atoms with Crippen molar-refractivity contribution in [3.63, 3.8) is 0 Å². The fraction of sp³-hybridized carbons (Fsp3) is 0.727. The summed E-state index contributed by atoms with van der Waals surface area (Å²) >= 11 is 0. The molecule has 15 heavy (non-hydrogen) atoms. The molecule has 0 radical (unpaired) electrons. The second-order valence-corrected chi connectivity index (χ2v) is 4.30. The third-order valence-corrected chi connectivity index (χ3v) is 3.23. The van der Waals surface area contributed by atoms with Crippen LogP contribution in [0.3, 0.4) is 0 Å². The minimum Gasteiger partial charge on any atom is -0.460 e. The normalized spacial score (nSPS) is 39.2. The van der Waals surface area contributed by atoms with Crippen LogP contribution in [-0.4, -0.2) is 29.1 Å². The van der Waals surface area contributed by atoms with Gasteiger partial charge in [-0.25, -0.2) is 0 Å². The van der Waals surface area contributed by atoms with Crippen molar-refractivity contribution in [1.29, 1.82) is 0 Å². The van der Waals surface area contributed by atoms with Gasteiger partial charge in [0.1, 0.15) is 12.2 Å². The van der Waals surface area contributed by atoms with Crippen LogP contribution in [0.1, 0.15) is 32.6 Å². The number of epoxide rings is 1. The van der Waals surface area contributed by atoms with E-state index >= 15 is 0 Å². The lowest BCUT2D eigenvalue weighted by Gasteiger charge is -2.23. The number of hydrogen-bond donors (Lipinski definition) is 1. The smallest absolute Gasteiger partial charge is 0.302 e.